The van der Waals surface area contributed by atoms with Crippen LogP contribution in [-0.4, -0.2) is 0 Å². The van der Waals surface area contributed by atoms with Crippen LogP contribution < -0.4 is 0 Å². The highest BCUT2D eigenvalue weighted by Crippen LogP contribution is 2.40. The molecule has 0 unspecified atom stereocenters. The number of benzene rings is 9. The molecule has 9 aromatic carbocycles. The Labute approximate surface area is 268 Å². The lowest BCUT2D eigenvalue weighted by Gasteiger charge is -2.15. The van der Waals surface area contributed by atoms with Gasteiger partial charge in [0.25, 0.3) is 0 Å². The largest absolute Gasteiger partial charge is 0.0622 e. The van der Waals surface area contributed by atoms with Gasteiger partial charge < -0.3 is 0 Å². The van der Waals surface area contributed by atoms with Gasteiger partial charge in [-0.25, -0.2) is 0 Å². The third-order valence-corrected chi connectivity index (χ3v) is 9.42. The minimum atomic E-state index is 1.22. The molecule has 0 bridgehead atoms. The van der Waals surface area contributed by atoms with Crippen molar-refractivity contribution < 1.29 is 0 Å². The SMILES string of the molecule is c1ccc(-c2cc3cc(-c4cccc(-c5cccc6ccccc56)c4)ccc3c3ccc(-c4ccc5ccccc5c4)cc23)cc1. The van der Waals surface area contributed by atoms with Gasteiger partial charge in [-0.15, -0.1) is 0 Å². The van der Waals surface area contributed by atoms with E-state index in [0.717, 1.165) is 0 Å². The molecule has 0 heteroatoms. The second-order valence-electron chi connectivity index (χ2n) is 12.2. The highest BCUT2D eigenvalue weighted by molar-refractivity contribution is 6.15. The highest BCUT2D eigenvalue weighted by atomic mass is 14.2. The topological polar surface area (TPSA) is 0 Å². The molecule has 9 aromatic rings. The molecule has 0 heterocycles. The molecule has 214 valence electrons. The quantitative estimate of drug-likeness (QED) is 0.181. The molecule has 0 atom stereocenters. The first-order valence-corrected chi connectivity index (χ1v) is 15.9. The number of fused-ring (bicyclic) bond motifs is 5. The van der Waals surface area contributed by atoms with Crippen LogP contribution >= 0.6 is 0 Å². The van der Waals surface area contributed by atoms with Crippen LogP contribution in [0.25, 0.3) is 87.6 Å². The van der Waals surface area contributed by atoms with E-state index in [9.17, 15) is 0 Å². The van der Waals surface area contributed by atoms with Gasteiger partial charge in [0.15, 0.2) is 0 Å². The van der Waals surface area contributed by atoms with E-state index in [0.29, 0.717) is 0 Å². The van der Waals surface area contributed by atoms with Crippen LogP contribution in [-0.2, 0) is 0 Å². The van der Waals surface area contributed by atoms with Gasteiger partial charge >= 0.3 is 0 Å². The van der Waals surface area contributed by atoms with Gasteiger partial charge in [-0.2, -0.15) is 0 Å². The number of hydrogen-bond donors (Lipinski definition) is 0. The van der Waals surface area contributed by atoms with Crippen molar-refractivity contribution in [1.29, 1.82) is 0 Å². The average Bonchev–Trinajstić information content (AvgIpc) is 3.14. The lowest BCUT2D eigenvalue weighted by atomic mass is 9.89. The first-order valence-electron chi connectivity index (χ1n) is 15.9. The summed E-state index contributed by atoms with van der Waals surface area (Å²) in [5.41, 5.74) is 9.90. The fraction of sp³-hybridized carbons (Fsp3) is 0. The molecule has 0 radical (unpaired) electrons. The summed E-state index contributed by atoms with van der Waals surface area (Å²) in [5, 5.41) is 10.1. The second-order valence-corrected chi connectivity index (χ2v) is 12.2. The average molecular weight is 583 g/mol. The summed E-state index contributed by atoms with van der Waals surface area (Å²) >= 11 is 0. The molecule has 0 aromatic heterocycles. The van der Waals surface area contributed by atoms with E-state index in [4.69, 9.17) is 0 Å². The normalized spacial score (nSPS) is 11.5. The van der Waals surface area contributed by atoms with Crippen LogP contribution in [0.15, 0.2) is 182 Å². The molecule has 0 saturated heterocycles. The minimum Gasteiger partial charge on any atom is -0.0622 e. The Bertz CT molecular complexity index is 2570. The summed E-state index contributed by atoms with van der Waals surface area (Å²) in [5.74, 6) is 0. The van der Waals surface area contributed by atoms with E-state index in [-0.39, 0.29) is 0 Å². The van der Waals surface area contributed by atoms with Crippen molar-refractivity contribution in [2.75, 3.05) is 0 Å². The van der Waals surface area contributed by atoms with E-state index in [1.54, 1.807) is 0 Å². The fourth-order valence-corrected chi connectivity index (χ4v) is 7.09. The predicted octanol–water partition coefficient (Wildman–Crippen LogP) is 13.0. The van der Waals surface area contributed by atoms with Crippen LogP contribution in [0.2, 0.25) is 0 Å². The molecular formula is C46H30. The minimum absolute atomic E-state index is 1.22. The van der Waals surface area contributed by atoms with E-state index in [2.05, 4.69) is 182 Å². The monoisotopic (exact) mass is 582 g/mol. The Kier molecular flexibility index (Phi) is 6.25. The zero-order valence-corrected chi connectivity index (χ0v) is 25.3. The molecule has 0 saturated carbocycles. The Balaban J connectivity index is 1.20. The standard InChI is InChI=1S/C46H30/c1-2-11-33(12-3-1)45-30-40-28-37(35-16-8-17-39(27-35)42-19-9-15-32-13-6-7-18-41(32)42)22-24-43(40)44-25-23-38(29-46(44)45)36-21-20-31-10-4-5-14-34(31)26-36/h1-30H. The molecule has 0 aliphatic heterocycles. The van der Waals surface area contributed by atoms with Crippen molar-refractivity contribution in [1.82, 2.24) is 0 Å². The van der Waals surface area contributed by atoms with E-state index < -0.39 is 0 Å². The van der Waals surface area contributed by atoms with Crippen molar-refractivity contribution in [3.8, 4) is 44.5 Å². The first-order chi connectivity index (χ1) is 22.8. The Morgan fingerprint density at radius 2 is 0.783 bits per heavy atom. The van der Waals surface area contributed by atoms with Gasteiger partial charge in [0.2, 0.25) is 0 Å². The smallest absolute Gasteiger partial charge is 0.00928 e. The second kappa shape index (κ2) is 10.9. The summed E-state index contributed by atoms with van der Waals surface area (Å²) < 4.78 is 0. The third kappa shape index (κ3) is 4.55. The Morgan fingerprint density at radius 3 is 1.65 bits per heavy atom. The molecule has 0 aliphatic carbocycles. The van der Waals surface area contributed by atoms with Crippen LogP contribution in [0, 0.1) is 0 Å². The Morgan fingerprint density at radius 1 is 0.196 bits per heavy atom. The maximum atomic E-state index is 2.38. The van der Waals surface area contributed by atoms with Crippen molar-refractivity contribution in [3.63, 3.8) is 0 Å². The van der Waals surface area contributed by atoms with Gasteiger partial charge in [0.05, 0.1) is 0 Å². The van der Waals surface area contributed by atoms with Gasteiger partial charge in [-0.3, -0.25) is 0 Å². The van der Waals surface area contributed by atoms with Gasteiger partial charge in [0, 0.05) is 0 Å². The molecule has 46 heavy (non-hydrogen) atoms. The fourth-order valence-electron chi connectivity index (χ4n) is 7.09. The summed E-state index contributed by atoms with van der Waals surface area (Å²) in [4.78, 5) is 0. The van der Waals surface area contributed by atoms with Crippen molar-refractivity contribution in [2.45, 2.75) is 0 Å². The zero-order valence-electron chi connectivity index (χ0n) is 25.3. The van der Waals surface area contributed by atoms with Crippen LogP contribution in [0.4, 0.5) is 0 Å². The lowest BCUT2D eigenvalue weighted by molar-refractivity contribution is 1.62. The number of rotatable bonds is 4. The maximum absolute atomic E-state index is 2.38. The van der Waals surface area contributed by atoms with E-state index in [1.807, 2.05) is 0 Å². The molecular weight excluding hydrogens is 553 g/mol. The van der Waals surface area contributed by atoms with E-state index >= 15 is 0 Å². The molecule has 0 N–H and O–H groups in total. The van der Waals surface area contributed by atoms with Crippen molar-refractivity contribution >= 4 is 43.1 Å². The molecule has 0 spiro atoms. The van der Waals surface area contributed by atoms with E-state index in [1.165, 1.54) is 87.6 Å². The van der Waals surface area contributed by atoms with Gasteiger partial charge in [-0.05, 0) is 118 Å². The Hall–Kier alpha value is -5.98. The summed E-state index contributed by atoms with van der Waals surface area (Å²) in [6.45, 7) is 0. The van der Waals surface area contributed by atoms with Gasteiger partial charge in [0.1, 0.15) is 0 Å². The molecule has 0 fully saturated rings. The summed E-state index contributed by atoms with van der Waals surface area (Å²) in [7, 11) is 0. The van der Waals surface area contributed by atoms with Gasteiger partial charge in [-0.1, -0.05) is 152 Å². The predicted molar refractivity (Wildman–Crippen MR) is 198 cm³/mol. The molecule has 0 amide bonds. The molecule has 0 aliphatic rings. The zero-order chi connectivity index (χ0) is 30.5. The third-order valence-electron chi connectivity index (χ3n) is 9.42. The summed E-state index contributed by atoms with van der Waals surface area (Å²) in [6, 6.07) is 66.6. The maximum Gasteiger partial charge on any atom is -0.00928 e. The summed E-state index contributed by atoms with van der Waals surface area (Å²) in [6.07, 6.45) is 0. The lowest BCUT2D eigenvalue weighted by Crippen LogP contribution is -1.88. The van der Waals surface area contributed by atoms with Crippen LogP contribution in [0.1, 0.15) is 0 Å². The molecule has 9 rings (SSSR count). The van der Waals surface area contributed by atoms with Crippen LogP contribution in [0.3, 0.4) is 0 Å². The first kappa shape index (κ1) is 26.4. The highest BCUT2D eigenvalue weighted by Gasteiger charge is 2.13. The van der Waals surface area contributed by atoms with Crippen molar-refractivity contribution in [2.24, 2.45) is 0 Å². The molecule has 0 nitrogen and oxygen atoms in total. The van der Waals surface area contributed by atoms with Crippen LogP contribution in [0.5, 0.6) is 0 Å². The number of hydrogen-bond acceptors (Lipinski definition) is 0. The van der Waals surface area contributed by atoms with Crippen molar-refractivity contribution in [3.05, 3.63) is 182 Å².